The van der Waals surface area contributed by atoms with Gasteiger partial charge in [-0.2, -0.15) is 0 Å². The highest BCUT2D eigenvalue weighted by Gasteiger charge is 2.19. The van der Waals surface area contributed by atoms with Gasteiger partial charge in [0.1, 0.15) is 30.5 Å². The van der Waals surface area contributed by atoms with Crippen LogP contribution in [0.2, 0.25) is 0 Å². The molecular weight excluding hydrogens is 381 g/mol. The van der Waals surface area contributed by atoms with Gasteiger partial charge in [0, 0.05) is 12.2 Å². The number of benzene rings is 3. The van der Waals surface area contributed by atoms with Crippen LogP contribution in [0.4, 0.5) is 10.1 Å². The summed E-state index contributed by atoms with van der Waals surface area (Å²) in [5.74, 6) is 0.872. The molecule has 0 aliphatic rings. The Balaban J connectivity index is 1.62. The summed E-state index contributed by atoms with van der Waals surface area (Å²) in [7, 11) is 0. The predicted octanol–water partition coefficient (Wildman–Crippen LogP) is 4.81. The Morgan fingerprint density at radius 3 is 2.57 bits per heavy atom. The van der Waals surface area contributed by atoms with Crippen LogP contribution in [-0.4, -0.2) is 22.0 Å². The Hall–Kier alpha value is -3.67. The van der Waals surface area contributed by atoms with Gasteiger partial charge in [0.2, 0.25) is 5.91 Å². The number of imidazole rings is 1. The smallest absolute Gasteiger partial charge is 0.246 e. The van der Waals surface area contributed by atoms with Crippen molar-refractivity contribution in [2.75, 3.05) is 11.4 Å². The summed E-state index contributed by atoms with van der Waals surface area (Å²) in [4.78, 5) is 19.4. The molecule has 6 heteroatoms. The monoisotopic (exact) mass is 403 g/mol. The van der Waals surface area contributed by atoms with Gasteiger partial charge in [-0.05, 0) is 49.4 Å². The van der Waals surface area contributed by atoms with Gasteiger partial charge < -0.3 is 14.2 Å². The first kappa shape index (κ1) is 19.6. The normalized spacial score (nSPS) is 10.9. The van der Waals surface area contributed by atoms with Gasteiger partial charge in [-0.3, -0.25) is 4.79 Å². The minimum Gasteiger partial charge on any atom is -0.486 e. The molecule has 0 unspecified atom stereocenters. The lowest BCUT2D eigenvalue weighted by Gasteiger charge is -2.22. The highest BCUT2D eigenvalue weighted by atomic mass is 19.1. The van der Waals surface area contributed by atoms with Crippen LogP contribution in [0.3, 0.4) is 0 Å². The first-order chi connectivity index (χ1) is 14.7. The molecular formula is C24H22FN3O2. The Bertz CT molecular complexity index is 1160. The fraction of sp³-hybridized carbons (Fsp3) is 0.167. The van der Waals surface area contributed by atoms with Crippen LogP contribution < -0.4 is 9.64 Å². The topological polar surface area (TPSA) is 47.4 Å². The zero-order valence-electron chi connectivity index (χ0n) is 16.7. The fourth-order valence-electron chi connectivity index (χ4n) is 3.44. The van der Waals surface area contributed by atoms with Crippen molar-refractivity contribution in [1.29, 1.82) is 0 Å². The molecule has 0 spiro atoms. The summed E-state index contributed by atoms with van der Waals surface area (Å²) in [5, 5.41) is 0. The third-order valence-electron chi connectivity index (χ3n) is 4.88. The zero-order chi connectivity index (χ0) is 20.9. The van der Waals surface area contributed by atoms with E-state index in [9.17, 15) is 9.18 Å². The minimum atomic E-state index is -0.371. The van der Waals surface area contributed by atoms with E-state index in [-0.39, 0.29) is 24.9 Å². The quantitative estimate of drug-likeness (QED) is 0.445. The Morgan fingerprint density at radius 1 is 1.03 bits per heavy atom. The molecule has 152 valence electrons. The van der Waals surface area contributed by atoms with Gasteiger partial charge in [-0.1, -0.05) is 36.4 Å². The molecule has 4 rings (SSSR count). The number of rotatable bonds is 7. The molecule has 0 radical (unpaired) electrons. The molecule has 1 aromatic heterocycles. The minimum absolute atomic E-state index is 0.0817. The number of fused-ring (bicyclic) bond motifs is 1. The van der Waals surface area contributed by atoms with Crippen LogP contribution >= 0.6 is 0 Å². The second-order valence-corrected chi connectivity index (χ2v) is 6.82. The average molecular weight is 403 g/mol. The van der Waals surface area contributed by atoms with Crippen LogP contribution in [0.25, 0.3) is 11.0 Å². The van der Waals surface area contributed by atoms with Crippen LogP contribution in [-0.2, 0) is 17.9 Å². The van der Waals surface area contributed by atoms with Crippen molar-refractivity contribution < 1.29 is 13.9 Å². The van der Waals surface area contributed by atoms with Crippen molar-refractivity contribution in [1.82, 2.24) is 9.55 Å². The number of anilines is 1. The van der Waals surface area contributed by atoms with E-state index in [4.69, 9.17) is 4.74 Å². The lowest BCUT2D eigenvalue weighted by molar-refractivity contribution is -0.119. The highest BCUT2D eigenvalue weighted by molar-refractivity contribution is 5.94. The SMILES string of the molecule is CCN(C(=O)Cn1c(COc2ccccc2)nc2ccccc21)c1cccc(F)c1. The number of hydrogen-bond acceptors (Lipinski definition) is 3. The van der Waals surface area contributed by atoms with Crippen molar-refractivity contribution in [3.63, 3.8) is 0 Å². The lowest BCUT2D eigenvalue weighted by atomic mass is 10.2. The zero-order valence-corrected chi connectivity index (χ0v) is 16.7. The summed E-state index contributed by atoms with van der Waals surface area (Å²) < 4.78 is 21.4. The van der Waals surface area contributed by atoms with Gasteiger partial charge in [0.25, 0.3) is 0 Å². The number of nitrogens with zero attached hydrogens (tertiary/aromatic N) is 3. The second kappa shape index (κ2) is 8.78. The summed E-state index contributed by atoms with van der Waals surface area (Å²) >= 11 is 0. The maximum Gasteiger partial charge on any atom is 0.246 e. The number of hydrogen-bond donors (Lipinski definition) is 0. The summed E-state index contributed by atoms with van der Waals surface area (Å²) in [6, 6.07) is 23.2. The van der Waals surface area contributed by atoms with Gasteiger partial charge in [0.15, 0.2) is 0 Å². The number of ether oxygens (including phenoxy) is 1. The number of carbonyl (C=O) groups is 1. The van der Waals surface area contributed by atoms with Crippen LogP contribution in [0, 0.1) is 5.82 Å². The molecule has 0 N–H and O–H groups in total. The molecule has 4 aromatic rings. The molecule has 0 aliphatic heterocycles. The molecule has 5 nitrogen and oxygen atoms in total. The molecule has 0 bridgehead atoms. The third kappa shape index (κ3) is 4.17. The van der Waals surface area contributed by atoms with E-state index in [1.54, 1.807) is 17.0 Å². The molecule has 1 amide bonds. The van der Waals surface area contributed by atoms with Gasteiger partial charge in [-0.15, -0.1) is 0 Å². The van der Waals surface area contributed by atoms with Gasteiger partial charge in [0.05, 0.1) is 11.0 Å². The molecule has 0 saturated heterocycles. The van der Waals surface area contributed by atoms with Crippen LogP contribution in [0.15, 0.2) is 78.9 Å². The molecule has 0 atom stereocenters. The van der Waals surface area contributed by atoms with E-state index >= 15 is 0 Å². The summed E-state index contributed by atoms with van der Waals surface area (Å²) in [6.07, 6.45) is 0. The Kier molecular flexibility index (Phi) is 5.75. The third-order valence-corrected chi connectivity index (χ3v) is 4.88. The molecule has 1 heterocycles. The number of para-hydroxylation sites is 3. The van der Waals surface area contributed by atoms with Crippen LogP contribution in [0.5, 0.6) is 5.75 Å². The first-order valence-corrected chi connectivity index (χ1v) is 9.83. The molecule has 0 saturated carbocycles. The summed E-state index contributed by atoms with van der Waals surface area (Å²) in [5.41, 5.74) is 2.19. The maximum absolute atomic E-state index is 13.7. The highest BCUT2D eigenvalue weighted by Crippen LogP contribution is 2.21. The largest absolute Gasteiger partial charge is 0.486 e. The standard InChI is InChI=1S/C24H22FN3O2/c1-2-27(19-10-8-9-18(25)15-19)24(29)16-28-22-14-7-6-13-21(22)26-23(28)17-30-20-11-4-3-5-12-20/h3-15H,2,16-17H2,1H3. The lowest BCUT2D eigenvalue weighted by Crippen LogP contribution is -2.34. The van der Waals surface area contributed by atoms with E-state index in [0.29, 0.717) is 18.1 Å². The molecule has 0 fully saturated rings. The Labute approximate surface area is 174 Å². The fourth-order valence-corrected chi connectivity index (χ4v) is 3.44. The van der Waals surface area contributed by atoms with E-state index in [1.807, 2.05) is 66.1 Å². The first-order valence-electron chi connectivity index (χ1n) is 9.83. The summed E-state index contributed by atoms with van der Waals surface area (Å²) in [6.45, 7) is 2.62. The second-order valence-electron chi connectivity index (χ2n) is 6.82. The van der Waals surface area contributed by atoms with E-state index in [0.717, 1.165) is 16.8 Å². The number of aromatic nitrogens is 2. The number of carbonyl (C=O) groups excluding carboxylic acids is 1. The molecule has 3 aromatic carbocycles. The van der Waals surface area contributed by atoms with E-state index < -0.39 is 0 Å². The van der Waals surface area contributed by atoms with Crippen molar-refractivity contribution in [3.05, 3.63) is 90.5 Å². The maximum atomic E-state index is 13.7. The molecule has 0 aliphatic carbocycles. The number of likely N-dealkylation sites (N-methyl/N-ethyl adjacent to an activating group) is 1. The van der Waals surface area contributed by atoms with Crippen LogP contribution in [0.1, 0.15) is 12.7 Å². The van der Waals surface area contributed by atoms with Crippen molar-refractivity contribution in [3.8, 4) is 5.75 Å². The van der Waals surface area contributed by atoms with Crippen molar-refractivity contribution in [2.24, 2.45) is 0 Å². The van der Waals surface area contributed by atoms with Crippen molar-refractivity contribution >= 4 is 22.6 Å². The molecule has 30 heavy (non-hydrogen) atoms. The number of amides is 1. The van der Waals surface area contributed by atoms with Gasteiger partial charge >= 0.3 is 0 Å². The predicted molar refractivity (Wildman–Crippen MR) is 115 cm³/mol. The van der Waals surface area contributed by atoms with Crippen molar-refractivity contribution in [2.45, 2.75) is 20.1 Å². The Morgan fingerprint density at radius 2 is 1.80 bits per heavy atom. The van der Waals surface area contributed by atoms with E-state index in [1.165, 1.54) is 12.1 Å². The van der Waals surface area contributed by atoms with E-state index in [2.05, 4.69) is 4.98 Å². The average Bonchev–Trinajstić information content (AvgIpc) is 3.11. The number of halogens is 1. The van der Waals surface area contributed by atoms with Gasteiger partial charge in [-0.25, -0.2) is 9.37 Å².